The van der Waals surface area contributed by atoms with Crippen LogP contribution in [0.25, 0.3) is 0 Å². The topological polar surface area (TPSA) is 37.1 Å². The van der Waals surface area contributed by atoms with Crippen molar-refractivity contribution in [3.63, 3.8) is 0 Å². The lowest BCUT2D eigenvalue weighted by Crippen LogP contribution is -2.14. The van der Waals surface area contributed by atoms with Crippen LogP contribution in [0.4, 0.5) is 0 Å². The normalized spacial score (nSPS) is 22.7. The summed E-state index contributed by atoms with van der Waals surface area (Å²) >= 11 is 5.72. The molecule has 1 aromatic carbocycles. The Bertz CT molecular complexity index is 569. The Kier molecular flexibility index (Phi) is 3.43. The highest BCUT2D eigenvalue weighted by Crippen LogP contribution is 2.28. The molecule has 5 heteroatoms. The van der Waals surface area contributed by atoms with Crippen LogP contribution in [-0.4, -0.2) is 25.3 Å². The first-order valence-electron chi connectivity index (χ1n) is 5.31. The molecule has 0 bridgehead atoms. The van der Waals surface area contributed by atoms with Crippen molar-refractivity contribution in [1.29, 1.82) is 0 Å². The lowest BCUT2D eigenvalue weighted by molar-refractivity contribution is 0.559. The van der Waals surface area contributed by atoms with Crippen molar-refractivity contribution in [1.82, 2.24) is 4.31 Å². The SMILES string of the molecule is CCC#CC1CN1S(=O)(=O)c1ccc(Cl)cc1. The quantitative estimate of drug-likeness (QED) is 0.609. The largest absolute Gasteiger partial charge is 0.244 e. The molecule has 0 aromatic heterocycles. The first kappa shape index (κ1) is 12.4. The predicted octanol–water partition coefficient (Wildman–Crippen LogP) is 2.13. The second-order valence-electron chi connectivity index (χ2n) is 3.72. The van der Waals surface area contributed by atoms with Gasteiger partial charge in [-0.1, -0.05) is 24.4 Å². The summed E-state index contributed by atoms with van der Waals surface area (Å²) in [4.78, 5) is 0.266. The van der Waals surface area contributed by atoms with Crippen molar-refractivity contribution in [2.75, 3.05) is 6.54 Å². The molecule has 1 saturated heterocycles. The molecule has 1 heterocycles. The number of hydrogen-bond donors (Lipinski definition) is 0. The minimum atomic E-state index is -3.39. The van der Waals surface area contributed by atoms with E-state index in [1.54, 1.807) is 12.1 Å². The van der Waals surface area contributed by atoms with Crippen LogP contribution < -0.4 is 0 Å². The number of sulfonamides is 1. The van der Waals surface area contributed by atoms with Crippen molar-refractivity contribution in [3.8, 4) is 11.8 Å². The summed E-state index contributed by atoms with van der Waals surface area (Å²) in [7, 11) is -3.39. The van der Waals surface area contributed by atoms with Crippen LogP contribution in [0, 0.1) is 11.8 Å². The first-order chi connectivity index (χ1) is 8.05. The van der Waals surface area contributed by atoms with Crippen molar-refractivity contribution in [3.05, 3.63) is 29.3 Å². The van der Waals surface area contributed by atoms with E-state index in [-0.39, 0.29) is 10.9 Å². The third-order valence-electron chi connectivity index (χ3n) is 2.43. The summed E-state index contributed by atoms with van der Waals surface area (Å²) < 4.78 is 25.6. The highest BCUT2D eigenvalue weighted by Gasteiger charge is 2.43. The molecule has 3 nitrogen and oxygen atoms in total. The van der Waals surface area contributed by atoms with Gasteiger partial charge in [0.05, 0.1) is 10.9 Å². The maximum atomic E-state index is 12.1. The number of halogens is 1. The minimum Gasteiger partial charge on any atom is -0.207 e. The first-order valence-corrected chi connectivity index (χ1v) is 7.13. The van der Waals surface area contributed by atoms with Gasteiger partial charge in [-0.15, -0.1) is 5.92 Å². The van der Waals surface area contributed by atoms with Crippen LogP contribution in [0.3, 0.4) is 0 Å². The molecule has 2 rings (SSSR count). The Balaban J connectivity index is 2.19. The number of hydrogen-bond acceptors (Lipinski definition) is 2. The van der Waals surface area contributed by atoms with E-state index in [1.165, 1.54) is 16.4 Å². The fourth-order valence-electron chi connectivity index (χ4n) is 1.47. The average molecular weight is 270 g/mol. The van der Waals surface area contributed by atoms with E-state index in [1.807, 2.05) is 6.92 Å². The van der Waals surface area contributed by atoms with Crippen LogP contribution in [-0.2, 0) is 10.0 Å². The molecule has 1 aliphatic heterocycles. The fourth-order valence-corrected chi connectivity index (χ4v) is 3.07. The zero-order valence-corrected chi connectivity index (χ0v) is 10.9. The number of nitrogens with zero attached hydrogens (tertiary/aromatic N) is 1. The average Bonchev–Trinajstić information content (AvgIpc) is 3.07. The number of benzene rings is 1. The summed E-state index contributed by atoms with van der Waals surface area (Å²) in [6.45, 7) is 2.42. The molecule has 0 amide bonds. The highest BCUT2D eigenvalue weighted by molar-refractivity contribution is 7.89. The van der Waals surface area contributed by atoms with Gasteiger partial charge in [0.15, 0.2) is 0 Å². The fraction of sp³-hybridized carbons (Fsp3) is 0.333. The molecule has 90 valence electrons. The van der Waals surface area contributed by atoms with E-state index in [9.17, 15) is 8.42 Å². The Morgan fingerprint density at radius 1 is 1.41 bits per heavy atom. The Labute approximate surface area is 106 Å². The van der Waals surface area contributed by atoms with Gasteiger partial charge in [-0.2, -0.15) is 4.31 Å². The molecule has 2 unspecified atom stereocenters. The highest BCUT2D eigenvalue weighted by atomic mass is 35.5. The molecule has 0 spiro atoms. The summed E-state index contributed by atoms with van der Waals surface area (Å²) in [5.41, 5.74) is 0. The third-order valence-corrected chi connectivity index (χ3v) is 4.57. The minimum absolute atomic E-state index is 0.157. The Hall–Kier alpha value is -1.02. The lowest BCUT2D eigenvalue weighted by atomic mass is 10.4. The predicted molar refractivity (Wildman–Crippen MR) is 67.2 cm³/mol. The van der Waals surface area contributed by atoms with Gasteiger partial charge in [0.2, 0.25) is 10.0 Å². The van der Waals surface area contributed by atoms with Crippen molar-refractivity contribution in [2.24, 2.45) is 0 Å². The van der Waals surface area contributed by atoms with Crippen molar-refractivity contribution < 1.29 is 8.42 Å². The molecule has 1 aliphatic rings. The molecule has 0 N–H and O–H groups in total. The Morgan fingerprint density at radius 2 is 2.06 bits per heavy atom. The Morgan fingerprint density at radius 3 is 2.65 bits per heavy atom. The summed E-state index contributed by atoms with van der Waals surface area (Å²) in [6.07, 6.45) is 0.741. The van der Waals surface area contributed by atoms with Gasteiger partial charge in [-0.3, -0.25) is 0 Å². The van der Waals surface area contributed by atoms with Crippen LogP contribution in [0.15, 0.2) is 29.2 Å². The standard InChI is InChI=1S/C12H12ClNO2S/c1-2-3-4-11-9-14(11)17(15,16)12-7-5-10(13)6-8-12/h5-8,11H,2,9H2,1H3. The van der Waals surface area contributed by atoms with Crippen LogP contribution >= 0.6 is 11.6 Å². The summed E-state index contributed by atoms with van der Waals surface area (Å²) in [5.74, 6) is 5.81. The molecular weight excluding hydrogens is 258 g/mol. The summed E-state index contributed by atoms with van der Waals surface area (Å²) in [6, 6.07) is 6.02. The molecule has 1 fully saturated rings. The van der Waals surface area contributed by atoms with Gasteiger partial charge in [0.25, 0.3) is 0 Å². The van der Waals surface area contributed by atoms with E-state index in [0.717, 1.165) is 6.42 Å². The van der Waals surface area contributed by atoms with E-state index < -0.39 is 10.0 Å². The zero-order chi connectivity index (χ0) is 12.5. The third kappa shape index (κ3) is 2.63. The molecule has 2 atom stereocenters. The molecule has 1 aromatic rings. The monoisotopic (exact) mass is 269 g/mol. The molecule has 0 aliphatic carbocycles. The maximum absolute atomic E-state index is 12.1. The second-order valence-corrected chi connectivity index (χ2v) is 6.05. The van der Waals surface area contributed by atoms with E-state index >= 15 is 0 Å². The van der Waals surface area contributed by atoms with Crippen LogP contribution in [0.1, 0.15) is 13.3 Å². The van der Waals surface area contributed by atoms with E-state index in [2.05, 4.69) is 11.8 Å². The van der Waals surface area contributed by atoms with Gasteiger partial charge in [-0.05, 0) is 24.3 Å². The maximum Gasteiger partial charge on any atom is 0.244 e. The smallest absolute Gasteiger partial charge is 0.207 e. The van der Waals surface area contributed by atoms with E-state index in [4.69, 9.17) is 11.6 Å². The van der Waals surface area contributed by atoms with Gasteiger partial charge < -0.3 is 0 Å². The summed E-state index contributed by atoms with van der Waals surface area (Å²) in [5, 5.41) is 0.525. The van der Waals surface area contributed by atoms with Gasteiger partial charge in [-0.25, -0.2) is 8.42 Å². The molecule has 17 heavy (non-hydrogen) atoms. The number of rotatable bonds is 2. The molecule has 0 saturated carbocycles. The zero-order valence-electron chi connectivity index (χ0n) is 9.35. The van der Waals surface area contributed by atoms with Crippen LogP contribution in [0.2, 0.25) is 5.02 Å². The van der Waals surface area contributed by atoms with Crippen molar-refractivity contribution >= 4 is 21.6 Å². The van der Waals surface area contributed by atoms with Gasteiger partial charge >= 0.3 is 0 Å². The van der Waals surface area contributed by atoms with Crippen LogP contribution in [0.5, 0.6) is 0 Å². The van der Waals surface area contributed by atoms with Crippen molar-refractivity contribution in [2.45, 2.75) is 24.3 Å². The molecule has 0 radical (unpaired) electrons. The van der Waals surface area contributed by atoms with E-state index in [0.29, 0.717) is 11.6 Å². The lowest BCUT2D eigenvalue weighted by Gasteiger charge is -2.04. The second kappa shape index (κ2) is 4.69. The van der Waals surface area contributed by atoms with Gasteiger partial charge in [0.1, 0.15) is 0 Å². The molecular formula is C12H12ClNO2S. The van der Waals surface area contributed by atoms with Gasteiger partial charge in [0, 0.05) is 18.0 Å².